The van der Waals surface area contributed by atoms with Gasteiger partial charge in [0.2, 0.25) is 0 Å². The molecule has 2 N–H and O–H groups in total. The minimum absolute atomic E-state index is 0.478. The molecule has 1 aliphatic rings. The van der Waals surface area contributed by atoms with Gasteiger partial charge < -0.3 is 20.4 Å². The molecule has 3 rings (SSSR count). The summed E-state index contributed by atoms with van der Waals surface area (Å²) in [5.74, 6) is 1.27. The number of nitrogen functional groups attached to an aromatic ring is 1. The zero-order chi connectivity index (χ0) is 15.5. The number of hydrogen-bond donors (Lipinski definition) is 1. The van der Waals surface area contributed by atoms with Crippen molar-refractivity contribution in [2.45, 2.75) is 0 Å². The van der Waals surface area contributed by atoms with E-state index in [9.17, 15) is 0 Å². The molecule has 1 aliphatic heterocycles. The van der Waals surface area contributed by atoms with Crippen molar-refractivity contribution in [2.75, 3.05) is 55.8 Å². The first kappa shape index (κ1) is 14.6. The van der Waals surface area contributed by atoms with Gasteiger partial charge in [0.25, 0.3) is 0 Å². The highest BCUT2D eigenvalue weighted by atomic mass is 15.2. The third-order valence-corrected chi connectivity index (χ3v) is 4.12. The van der Waals surface area contributed by atoms with Gasteiger partial charge in [0, 0.05) is 50.7 Å². The Morgan fingerprint density at radius 1 is 1.05 bits per heavy atom. The summed E-state index contributed by atoms with van der Waals surface area (Å²) >= 11 is 0. The van der Waals surface area contributed by atoms with E-state index in [1.54, 1.807) is 6.07 Å². The third kappa shape index (κ3) is 3.12. The number of rotatable bonds is 3. The number of hydrogen-bond acceptors (Lipinski definition) is 6. The van der Waals surface area contributed by atoms with Crippen molar-refractivity contribution in [3.8, 4) is 0 Å². The Bertz CT molecular complexity index is 619. The first-order valence-corrected chi connectivity index (χ1v) is 7.48. The lowest BCUT2D eigenvalue weighted by atomic mass is 10.2. The van der Waals surface area contributed by atoms with Crippen molar-refractivity contribution in [3.63, 3.8) is 0 Å². The van der Waals surface area contributed by atoms with Gasteiger partial charge in [0.15, 0.2) is 0 Å². The van der Waals surface area contributed by atoms with Gasteiger partial charge >= 0.3 is 0 Å². The van der Waals surface area contributed by atoms with E-state index in [1.165, 1.54) is 12.0 Å². The van der Waals surface area contributed by atoms with Gasteiger partial charge in [-0.25, -0.2) is 9.97 Å². The summed E-state index contributed by atoms with van der Waals surface area (Å²) < 4.78 is 0. The van der Waals surface area contributed by atoms with E-state index in [0.717, 1.165) is 37.7 Å². The average Bonchev–Trinajstić information content (AvgIpc) is 2.55. The Kier molecular flexibility index (Phi) is 4.11. The second-order valence-electron chi connectivity index (χ2n) is 5.67. The second kappa shape index (κ2) is 6.19. The zero-order valence-electron chi connectivity index (χ0n) is 13.1. The first-order chi connectivity index (χ1) is 10.6. The molecule has 0 bridgehead atoms. The van der Waals surface area contributed by atoms with Gasteiger partial charge in [-0.3, -0.25) is 0 Å². The standard InChI is InChI=1S/C16H22N6/c1-20-7-9-22(10-8-20)14-5-3-13(4-6-14)21(2)16-11-15(17)18-12-19-16/h3-6,11-12H,7-10H2,1-2H3,(H2,17,18,19). The fraction of sp³-hybridized carbons (Fsp3) is 0.375. The lowest BCUT2D eigenvalue weighted by molar-refractivity contribution is 0.313. The number of benzene rings is 1. The molecule has 1 aromatic carbocycles. The molecule has 0 radical (unpaired) electrons. The predicted octanol–water partition coefficient (Wildman–Crippen LogP) is 1.58. The van der Waals surface area contributed by atoms with E-state index in [4.69, 9.17) is 5.73 Å². The van der Waals surface area contributed by atoms with Crippen molar-refractivity contribution in [3.05, 3.63) is 36.7 Å². The minimum atomic E-state index is 0.478. The lowest BCUT2D eigenvalue weighted by Crippen LogP contribution is -2.44. The fourth-order valence-corrected chi connectivity index (χ4v) is 2.63. The van der Waals surface area contributed by atoms with Crippen LogP contribution in [0.2, 0.25) is 0 Å². The highest BCUT2D eigenvalue weighted by Gasteiger charge is 2.14. The first-order valence-electron chi connectivity index (χ1n) is 7.48. The highest BCUT2D eigenvalue weighted by molar-refractivity contribution is 5.64. The highest BCUT2D eigenvalue weighted by Crippen LogP contribution is 2.25. The second-order valence-corrected chi connectivity index (χ2v) is 5.67. The Morgan fingerprint density at radius 2 is 1.73 bits per heavy atom. The Labute approximate surface area is 131 Å². The molecule has 1 aromatic heterocycles. The van der Waals surface area contributed by atoms with E-state index in [0.29, 0.717) is 5.82 Å². The zero-order valence-corrected chi connectivity index (χ0v) is 13.1. The summed E-state index contributed by atoms with van der Waals surface area (Å²) in [6, 6.07) is 10.3. The molecule has 116 valence electrons. The van der Waals surface area contributed by atoms with E-state index in [-0.39, 0.29) is 0 Å². The Balaban J connectivity index is 1.73. The largest absolute Gasteiger partial charge is 0.384 e. The van der Waals surface area contributed by atoms with Crippen LogP contribution in [-0.2, 0) is 0 Å². The van der Waals surface area contributed by atoms with Crippen molar-refractivity contribution in [1.29, 1.82) is 0 Å². The van der Waals surface area contributed by atoms with E-state index in [2.05, 4.69) is 51.1 Å². The number of likely N-dealkylation sites (N-methyl/N-ethyl adjacent to an activating group) is 1. The normalized spacial score (nSPS) is 15.8. The molecule has 2 aromatic rings. The van der Waals surface area contributed by atoms with Gasteiger partial charge in [-0.2, -0.15) is 0 Å². The molecule has 6 heteroatoms. The lowest BCUT2D eigenvalue weighted by Gasteiger charge is -2.34. The maximum atomic E-state index is 5.72. The quantitative estimate of drug-likeness (QED) is 0.928. The van der Waals surface area contributed by atoms with Gasteiger partial charge in [0.05, 0.1) is 0 Å². The maximum absolute atomic E-state index is 5.72. The smallest absolute Gasteiger partial charge is 0.138 e. The number of nitrogens with two attached hydrogens (primary N) is 1. The molecule has 0 atom stereocenters. The summed E-state index contributed by atoms with van der Waals surface area (Å²) in [4.78, 5) is 15.0. The molecule has 6 nitrogen and oxygen atoms in total. The summed E-state index contributed by atoms with van der Waals surface area (Å²) in [7, 11) is 4.15. The fourth-order valence-electron chi connectivity index (χ4n) is 2.63. The molecule has 0 aliphatic carbocycles. The molecule has 0 unspecified atom stereocenters. The minimum Gasteiger partial charge on any atom is -0.384 e. The van der Waals surface area contributed by atoms with Crippen LogP contribution in [0.3, 0.4) is 0 Å². The van der Waals surface area contributed by atoms with Crippen LogP contribution in [0.5, 0.6) is 0 Å². The topological polar surface area (TPSA) is 61.5 Å². The monoisotopic (exact) mass is 298 g/mol. The molecule has 0 saturated carbocycles. The van der Waals surface area contributed by atoms with Crippen molar-refractivity contribution in [1.82, 2.24) is 14.9 Å². The van der Waals surface area contributed by atoms with E-state index in [1.807, 2.05) is 11.9 Å². The van der Waals surface area contributed by atoms with Crippen molar-refractivity contribution in [2.24, 2.45) is 0 Å². The van der Waals surface area contributed by atoms with Gasteiger partial charge in [-0.1, -0.05) is 0 Å². The summed E-state index contributed by atoms with van der Waals surface area (Å²) in [5, 5.41) is 0. The van der Waals surface area contributed by atoms with Gasteiger partial charge in [-0.15, -0.1) is 0 Å². The van der Waals surface area contributed by atoms with E-state index >= 15 is 0 Å². The maximum Gasteiger partial charge on any atom is 0.138 e. The van der Waals surface area contributed by atoms with Crippen LogP contribution in [-0.4, -0.2) is 55.1 Å². The number of nitrogens with zero attached hydrogens (tertiary/aromatic N) is 5. The summed E-state index contributed by atoms with van der Waals surface area (Å²) in [6.45, 7) is 4.38. The number of piperazine rings is 1. The third-order valence-electron chi connectivity index (χ3n) is 4.12. The molecular formula is C16H22N6. The van der Waals surface area contributed by atoms with Crippen LogP contribution >= 0.6 is 0 Å². The van der Waals surface area contributed by atoms with Crippen LogP contribution in [0.15, 0.2) is 36.7 Å². The molecule has 22 heavy (non-hydrogen) atoms. The van der Waals surface area contributed by atoms with Crippen molar-refractivity contribution >= 4 is 23.0 Å². The number of aromatic nitrogens is 2. The Morgan fingerprint density at radius 3 is 2.36 bits per heavy atom. The van der Waals surface area contributed by atoms with Crippen LogP contribution < -0.4 is 15.5 Å². The molecule has 0 spiro atoms. The average molecular weight is 298 g/mol. The molecule has 1 saturated heterocycles. The molecule has 1 fully saturated rings. The number of anilines is 4. The summed E-state index contributed by atoms with van der Waals surface area (Å²) in [6.07, 6.45) is 1.49. The molecule has 2 heterocycles. The van der Waals surface area contributed by atoms with Crippen LogP contribution in [0.4, 0.5) is 23.0 Å². The van der Waals surface area contributed by atoms with Gasteiger partial charge in [-0.05, 0) is 31.3 Å². The molecular weight excluding hydrogens is 276 g/mol. The van der Waals surface area contributed by atoms with Crippen LogP contribution in [0.1, 0.15) is 0 Å². The summed E-state index contributed by atoms with van der Waals surface area (Å²) in [5.41, 5.74) is 8.07. The Hall–Kier alpha value is -2.34. The predicted molar refractivity (Wildman–Crippen MR) is 90.7 cm³/mol. The SMILES string of the molecule is CN1CCN(c2ccc(N(C)c3cc(N)ncn3)cc2)CC1. The van der Waals surface area contributed by atoms with E-state index < -0.39 is 0 Å². The van der Waals surface area contributed by atoms with Crippen LogP contribution in [0.25, 0.3) is 0 Å². The molecule has 0 amide bonds. The van der Waals surface area contributed by atoms with Crippen molar-refractivity contribution < 1.29 is 0 Å². The van der Waals surface area contributed by atoms with Gasteiger partial charge in [0.1, 0.15) is 18.0 Å². The van der Waals surface area contributed by atoms with Crippen LogP contribution in [0, 0.1) is 0 Å².